The van der Waals surface area contributed by atoms with Crippen molar-refractivity contribution in [2.75, 3.05) is 6.61 Å². The Morgan fingerprint density at radius 2 is 2.00 bits per heavy atom. The maximum atomic E-state index is 12.9. The second-order valence-corrected chi connectivity index (χ2v) is 8.35. The van der Waals surface area contributed by atoms with Gasteiger partial charge in [-0.2, -0.15) is 4.98 Å². The highest BCUT2D eigenvalue weighted by molar-refractivity contribution is 5.92. The van der Waals surface area contributed by atoms with Crippen LogP contribution < -0.4 is 10.1 Å². The molecule has 3 aliphatic carbocycles. The van der Waals surface area contributed by atoms with Gasteiger partial charge in [0.2, 0.25) is 11.8 Å². The highest BCUT2D eigenvalue weighted by atomic mass is 16.5. The number of carbonyl (C=O) groups excluding carboxylic acids is 1. The van der Waals surface area contributed by atoms with Gasteiger partial charge in [0.15, 0.2) is 5.82 Å². The summed E-state index contributed by atoms with van der Waals surface area (Å²) in [5, 5.41) is 7.02. The molecule has 1 atom stereocenters. The molecule has 0 bridgehead atoms. The van der Waals surface area contributed by atoms with Gasteiger partial charge in [-0.3, -0.25) is 9.78 Å². The molecule has 28 heavy (non-hydrogen) atoms. The van der Waals surface area contributed by atoms with E-state index in [0.29, 0.717) is 42.0 Å². The predicted molar refractivity (Wildman–Crippen MR) is 98.8 cm³/mol. The van der Waals surface area contributed by atoms with Gasteiger partial charge in [-0.15, -0.1) is 0 Å². The van der Waals surface area contributed by atoms with Gasteiger partial charge in [0.1, 0.15) is 11.4 Å². The number of hydrogen-bond donors (Lipinski definition) is 1. The Morgan fingerprint density at radius 3 is 2.64 bits per heavy atom. The third-order valence-corrected chi connectivity index (χ3v) is 5.54. The van der Waals surface area contributed by atoms with Gasteiger partial charge in [-0.1, -0.05) is 18.0 Å². The Labute approximate surface area is 163 Å². The molecule has 148 valence electrons. The molecule has 2 aromatic rings. The SMILES string of the molecule is Cc1nc(C(CC2CC2)NC(=O)c2cnc(C3CC3)c(OCC3CC3)n2)no1. The monoisotopic (exact) mass is 383 g/mol. The summed E-state index contributed by atoms with van der Waals surface area (Å²) in [4.78, 5) is 26.2. The van der Waals surface area contributed by atoms with E-state index in [9.17, 15) is 4.79 Å². The molecule has 0 aromatic carbocycles. The Morgan fingerprint density at radius 1 is 1.21 bits per heavy atom. The van der Waals surface area contributed by atoms with E-state index in [4.69, 9.17) is 9.26 Å². The molecule has 3 fully saturated rings. The van der Waals surface area contributed by atoms with Crippen LogP contribution in [0.1, 0.15) is 84.8 Å². The van der Waals surface area contributed by atoms with Crippen LogP contribution >= 0.6 is 0 Å². The van der Waals surface area contributed by atoms with Crippen molar-refractivity contribution in [3.63, 3.8) is 0 Å². The van der Waals surface area contributed by atoms with Crippen LogP contribution in [-0.4, -0.2) is 32.6 Å². The van der Waals surface area contributed by atoms with E-state index in [0.717, 1.165) is 25.0 Å². The smallest absolute Gasteiger partial charge is 0.272 e. The van der Waals surface area contributed by atoms with Crippen LogP contribution in [0.3, 0.4) is 0 Å². The predicted octanol–water partition coefficient (Wildman–Crippen LogP) is 3.11. The van der Waals surface area contributed by atoms with Crippen molar-refractivity contribution in [1.29, 1.82) is 0 Å². The average molecular weight is 383 g/mol. The maximum absolute atomic E-state index is 12.9. The minimum Gasteiger partial charge on any atom is -0.476 e. The minimum atomic E-state index is -0.279. The summed E-state index contributed by atoms with van der Waals surface area (Å²) in [6.07, 6.45) is 9.36. The molecule has 0 spiro atoms. The molecule has 0 aliphatic heterocycles. The molecule has 2 aromatic heterocycles. The van der Waals surface area contributed by atoms with Gasteiger partial charge < -0.3 is 14.6 Å². The fourth-order valence-electron chi connectivity index (χ4n) is 3.32. The number of nitrogens with one attached hydrogen (secondary N) is 1. The summed E-state index contributed by atoms with van der Waals surface area (Å²) in [5.74, 6) is 2.90. The normalized spacial score (nSPS) is 20.0. The molecular formula is C20H25N5O3. The molecule has 0 radical (unpaired) electrons. The van der Waals surface area contributed by atoms with Gasteiger partial charge in [0.25, 0.3) is 5.91 Å². The highest BCUT2D eigenvalue weighted by Gasteiger charge is 2.33. The van der Waals surface area contributed by atoms with Crippen LogP contribution in [0.2, 0.25) is 0 Å². The second kappa shape index (κ2) is 7.14. The standard InChI is InChI=1S/C20H25N5O3/c1-11-22-18(25-28-11)15(8-12-2-3-12)23-19(26)16-9-21-17(14-6-7-14)20(24-16)27-10-13-4-5-13/h9,12-15H,2-8,10H2,1H3,(H,23,26). The summed E-state index contributed by atoms with van der Waals surface area (Å²) in [6, 6.07) is -0.279. The Kier molecular flexibility index (Phi) is 4.49. The third-order valence-electron chi connectivity index (χ3n) is 5.54. The number of nitrogens with zero attached hydrogens (tertiary/aromatic N) is 4. The molecule has 2 heterocycles. The zero-order chi connectivity index (χ0) is 19.1. The van der Waals surface area contributed by atoms with E-state index in [-0.39, 0.29) is 17.6 Å². The van der Waals surface area contributed by atoms with Crippen LogP contribution in [0.4, 0.5) is 0 Å². The lowest BCUT2D eigenvalue weighted by molar-refractivity contribution is 0.0924. The molecule has 5 rings (SSSR count). The molecule has 8 nitrogen and oxygen atoms in total. The Bertz CT molecular complexity index is 870. The lowest BCUT2D eigenvalue weighted by Crippen LogP contribution is -2.30. The number of aromatic nitrogens is 4. The van der Waals surface area contributed by atoms with Crippen molar-refractivity contribution in [2.45, 2.75) is 63.8 Å². The van der Waals surface area contributed by atoms with E-state index < -0.39 is 0 Å². The number of amides is 1. The van der Waals surface area contributed by atoms with Crippen LogP contribution in [0, 0.1) is 18.8 Å². The van der Waals surface area contributed by atoms with E-state index in [1.807, 2.05) is 0 Å². The van der Waals surface area contributed by atoms with Crippen LogP contribution in [0.15, 0.2) is 10.7 Å². The van der Waals surface area contributed by atoms with Crippen molar-refractivity contribution in [3.8, 4) is 5.88 Å². The fourth-order valence-corrected chi connectivity index (χ4v) is 3.32. The molecular weight excluding hydrogens is 358 g/mol. The van der Waals surface area contributed by atoms with Gasteiger partial charge >= 0.3 is 0 Å². The van der Waals surface area contributed by atoms with Gasteiger partial charge in [0.05, 0.1) is 18.8 Å². The number of aryl methyl sites for hydroxylation is 1. The van der Waals surface area contributed by atoms with E-state index in [2.05, 4.69) is 25.4 Å². The summed E-state index contributed by atoms with van der Waals surface area (Å²) in [5.41, 5.74) is 1.16. The quantitative estimate of drug-likeness (QED) is 0.709. The first kappa shape index (κ1) is 17.6. The molecule has 3 saturated carbocycles. The number of rotatable bonds is 9. The van der Waals surface area contributed by atoms with Crippen molar-refractivity contribution < 1.29 is 14.1 Å². The van der Waals surface area contributed by atoms with Crippen molar-refractivity contribution in [2.24, 2.45) is 11.8 Å². The average Bonchev–Trinajstić information content (AvgIpc) is 3.55. The van der Waals surface area contributed by atoms with E-state index >= 15 is 0 Å². The van der Waals surface area contributed by atoms with E-state index in [1.165, 1.54) is 25.7 Å². The number of ether oxygens (including phenoxy) is 1. The first-order chi connectivity index (χ1) is 13.7. The summed E-state index contributed by atoms with van der Waals surface area (Å²) in [7, 11) is 0. The molecule has 1 amide bonds. The van der Waals surface area contributed by atoms with Gasteiger partial charge in [-0.25, -0.2) is 4.98 Å². The third kappa shape index (κ3) is 4.15. The molecule has 8 heteroatoms. The minimum absolute atomic E-state index is 0.274. The Hall–Kier alpha value is -2.51. The summed E-state index contributed by atoms with van der Waals surface area (Å²) in [6.45, 7) is 2.41. The lowest BCUT2D eigenvalue weighted by Gasteiger charge is -2.15. The lowest BCUT2D eigenvalue weighted by atomic mass is 10.1. The molecule has 1 unspecified atom stereocenters. The second-order valence-electron chi connectivity index (χ2n) is 8.35. The topological polar surface area (TPSA) is 103 Å². The summed E-state index contributed by atoms with van der Waals surface area (Å²) >= 11 is 0. The zero-order valence-corrected chi connectivity index (χ0v) is 16.1. The van der Waals surface area contributed by atoms with Crippen LogP contribution in [0.5, 0.6) is 5.88 Å². The zero-order valence-electron chi connectivity index (χ0n) is 16.1. The first-order valence-corrected chi connectivity index (χ1v) is 10.3. The van der Waals surface area contributed by atoms with Crippen LogP contribution in [-0.2, 0) is 0 Å². The fraction of sp³-hybridized carbons (Fsp3) is 0.650. The number of hydrogen-bond acceptors (Lipinski definition) is 7. The molecule has 3 aliphatic rings. The van der Waals surface area contributed by atoms with Crippen molar-refractivity contribution >= 4 is 5.91 Å². The van der Waals surface area contributed by atoms with E-state index in [1.54, 1.807) is 13.1 Å². The number of carbonyl (C=O) groups is 1. The maximum Gasteiger partial charge on any atom is 0.272 e. The molecule has 0 saturated heterocycles. The summed E-state index contributed by atoms with van der Waals surface area (Å²) < 4.78 is 11.0. The molecule has 1 N–H and O–H groups in total. The largest absolute Gasteiger partial charge is 0.476 e. The van der Waals surface area contributed by atoms with Crippen molar-refractivity contribution in [3.05, 3.63) is 29.3 Å². The van der Waals surface area contributed by atoms with Gasteiger partial charge in [0, 0.05) is 12.8 Å². The highest BCUT2D eigenvalue weighted by Crippen LogP contribution is 2.43. The Balaban J connectivity index is 1.33. The van der Waals surface area contributed by atoms with Crippen LogP contribution in [0.25, 0.3) is 0 Å². The van der Waals surface area contributed by atoms with Gasteiger partial charge in [-0.05, 0) is 43.9 Å². The van der Waals surface area contributed by atoms with Crippen molar-refractivity contribution in [1.82, 2.24) is 25.4 Å². The first-order valence-electron chi connectivity index (χ1n) is 10.3.